The summed E-state index contributed by atoms with van der Waals surface area (Å²) >= 11 is 0. The number of nitrogens with one attached hydrogen (secondary N) is 1. The number of sulfonamides is 1. The Labute approximate surface area is 171 Å². The number of nitrogens with zero attached hydrogens (tertiary/aromatic N) is 1. The minimum absolute atomic E-state index is 0.0483. The first-order valence-electron chi connectivity index (χ1n) is 9.03. The summed E-state index contributed by atoms with van der Waals surface area (Å²) in [6, 6.07) is 8.83. The van der Waals surface area contributed by atoms with E-state index in [9.17, 15) is 26.4 Å². The summed E-state index contributed by atoms with van der Waals surface area (Å²) in [7, 11) is -2.17. The van der Waals surface area contributed by atoms with E-state index in [1.165, 1.54) is 38.4 Å². The maximum Gasteiger partial charge on any atom is 0.286 e. The number of halogens is 3. The SMILES string of the molecule is CCS(=O)(=O)Nc1ccc(Cc2ccc(F)cc2F)c(-c2cc(F)c(=O)n(C)c2)c1. The van der Waals surface area contributed by atoms with Crippen LogP contribution in [0.2, 0.25) is 0 Å². The zero-order valence-corrected chi connectivity index (χ0v) is 17.1. The van der Waals surface area contributed by atoms with E-state index >= 15 is 0 Å². The number of hydrogen-bond acceptors (Lipinski definition) is 3. The third-order valence-electron chi connectivity index (χ3n) is 4.61. The van der Waals surface area contributed by atoms with Crippen LogP contribution in [-0.4, -0.2) is 18.7 Å². The van der Waals surface area contributed by atoms with Crippen molar-refractivity contribution < 1.29 is 21.6 Å². The molecule has 0 bridgehead atoms. The largest absolute Gasteiger partial charge is 0.315 e. The van der Waals surface area contributed by atoms with Crippen LogP contribution in [0.5, 0.6) is 0 Å². The lowest BCUT2D eigenvalue weighted by Crippen LogP contribution is -2.19. The maximum absolute atomic E-state index is 14.2. The van der Waals surface area contributed by atoms with E-state index in [1.807, 2.05) is 0 Å². The van der Waals surface area contributed by atoms with Crippen LogP contribution in [0.25, 0.3) is 11.1 Å². The summed E-state index contributed by atoms with van der Waals surface area (Å²) < 4.78 is 68.8. The molecule has 2 aromatic carbocycles. The molecule has 1 aromatic heterocycles. The Kier molecular flexibility index (Phi) is 6.02. The zero-order chi connectivity index (χ0) is 22.1. The number of pyridine rings is 1. The lowest BCUT2D eigenvalue weighted by atomic mass is 9.95. The minimum atomic E-state index is -3.56. The normalized spacial score (nSPS) is 11.5. The molecule has 30 heavy (non-hydrogen) atoms. The highest BCUT2D eigenvalue weighted by molar-refractivity contribution is 7.92. The molecule has 0 saturated carbocycles. The molecule has 0 aliphatic heterocycles. The molecule has 0 spiro atoms. The molecule has 0 unspecified atom stereocenters. The predicted octanol–water partition coefficient (Wildman–Crippen LogP) is 3.82. The summed E-state index contributed by atoms with van der Waals surface area (Å²) in [5.74, 6) is -2.56. The Balaban J connectivity index is 2.15. The van der Waals surface area contributed by atoms with Gasteiger partial charge in [0.05, 0.1) is 5.75 Å². The van der Waals surface area contributed by atoms with Crippen molar-refractivity contribution in [2.75, 3.05) is 10.5 Å². The lowest BCUT2D eigenvalue weighted by Gasteiger charge is -2.15. The third kappa shape index (κ3) is 4.73. The fourth-order valence-electron chi connectivity index (χ4n) is 3.00. The van der Waals surface area contributed by atoms with Gasteiger partial charge in [0.25, 0.3) is 5.56 Å². The van der Waals surface area contributed by atoms with Crippen molar-refractivity contribution in [3.63, 3.8) is 0 Å². The van der Waals surface area contributed by atoms with E-state index in [0.717, 1.165) is 22.8 Å². The molecule has 0 radical (unpaired) electrons. The van der Waals surface area contributed by atoms with Gasteiger partial charge in [-0.2, -0.15) is 0 Å². The average Bonchev–Trinajstić information content (AvgIpc) is 2.68. The van der Waals surface area contributed by atoms with Crippen molar-refractivity contribution in [3.8, 4) is 11.1 Å². The Morgan fingerprint density at radius 3 is 2.30 bits per heavy atom. The number of hydrogen-bond donors (Lipinski definition) is 1. The molecule has 0 aliphatic carbocycles. The van der Waals surface area contributed by atoms with E-state index in [0.29, 0.717) is 16.7 Å². The van der Waals surface area contributed by atoms with Gasteiger partial charge in [-0.25, -0.2) is 21.6 Å². The number of rotatable bonds is 6. The van der Waals surface area contributed by atoms with Crippen LogP contribution in [0.1, 0.15) is 18.1 Å². The number of aryl methyl sites for hydroxylation is 1. The molecule has 0 saturated heterocycles. The summed E-state index contributed by atoms with van der Waals surface area (Å²) in [5.41, 5.74) is 0.897. The summed E-state index contributed by atoms with van der Waals surface area (Å²) in [6.45, 7) is 1.48. The second kappa shape index (κ2) is 8.35. The summed E-state index contributed by atoms with van der Waals surface area (Å²) in [5, 5.41) is 0. The topological polar surface area (TPSA) is 68.2 Å². The highest BCUT2D eigenvalue weighted by Gasteiger charge is 2.15. The molecule has 1 N–H and O–H groups in total. The molecule has 0 amide bonds. The van der Waals surface area contributed by atoms with Crippen molar-refractivity contribution >= 4 is 15.7 Å². The van der Waals surface area contributed by atoms with E-state index in [4.69, 9.17) is 0 Å². The van der Waals surface area contributed by atoms with Gasteiger partial charge in [-0.1, -0.05) is 12.1 Å². The van der Waals surface area contributed by atoms with Gasteiger partial charge >= 0.3 is 0 Å². The van der Waals surface area contributed by atoms with Gasteiger partial charge in [0, 0.05) is 37.0 Å². The van der Waals surface area contributed by atoms with Crippen molar-refractivity contribution in [1.82, 2.24) is 4.57 Å². The van der Waals surface area contributed by atoms with E-state index in [-0.39, 0.29) is 23.4 Å². The zero-order valence-electron chi connectivity index (χ0n) is 16.2. The fraction of sp³-hybridized carbons (Fsp3) is 0.190. The van der Waals surface area contributed by atoms with Gasteiger partial charge in [0.2, 0.25) is 10.0 Å². The maximum atomic E-state index is 14.2. The van der Waals surface area contributed by atoms with Crippen molar-refractivity contribution in [3.05, 3.63) is 87.6 Å². The van der Waals surface area contributed by atoms with Gasteiger partial charge in [0.15, 0.2) is 5.82 Å². The van der Waals surface area contributed by atoms with Crippen LogP contribution in [0.4, 0.5) is 18.9 Å². The second-order valence-electron chi connectivity index (χ2n) is 6.78. The minimum Gasteiger partial charge on any atom is -0.315 e. The molecule has 3 aromatic rings. The molecule has 9 heteroatoms. The van der Waals surface area contributed by atoms with Crippen LogP contribution in [0.15, 0.2) is 53.5 Å². The van der Waals surface area contributed by atoms with Crippen molar-refractivity contribution in [2.24, 2.45) is 7.05 Å². The van der Waals surface area contributed by atoms with Crippen LogP contribution in [0, 0.1) is 17.5 Å². The van der Waals surface area contributed by atoms with E-state index in [2.05, 4.69) is 4.72 Å². The van der Waals surface area contributed by atoms with Gasteiger partial charge in [-0.05, 0) is 47.9 Å². The van der Waals surface area contributed by atoms with Gasteiger partial charge in [0.1, 0.15) is 11.6 Å². The average molecular weight is 436 g/mol. The van der Waals surface area contributed by atoms with Crippen molar-refractivity contribution in [1.29, 1.82) is 0 Å². The van der Waals surface area contributed by atoms with E-state index in [1.54, 1.807) is 6.07 Å². The highest BCUT2D eigenvalue weighted by atomic mass is 32.2. The highest BCUT2D eigenvalue weighted by Crippen LogP contribution is 2.30. The van der Waals surface area contributed by atoms with Gasteiger partial charge in [-0.15, -0.1) is 0 Å². The first kappa shape index (κ1) is 21.6. The molecule has 158 valence electrons. The molecule has 1 heterocycles. The summed E-state index contributed by atoms with van der Waals surface area (Å²) in [6.07, 6.45) is 1.45. The number of anilines is 1. The molecular formula is C21H19F3N2O3S. The first-order valence-corrected chi connectivity index (χ1v) is 10.7. The molecule has 0 atom stereocenters. The van der Waals surface area contributed by atoms with Crippen LogP contribution >= 0.6 is 0 Å². The van der Waals surface area contributed by atoms with Crippen LogP contribution in [0.3, 0.4) is 0 Å². The van der Waals surface area contributed by atoms with E-state index < -0.39 is 33.0 Å². The second-order valence-corrected chi connectivity index (χ2v) is 8.79. The van der Waals surface area contributed by atoms with Gasteiger partial charge < -0.3 is 4.57 Å². The number of benzene rings is 2. The molecule has 0 fully saturated rings. The smallest absolute Gasteiger partial charge is 0.286 e. The predicted molar refractivity (Wildman–Crippen MR) is 109 cm³/mol. The Morgan fingerprint density at radius 1 is 0.967 bits per heavy atom. The Hall–Kier alpha value is -3.07. The van der Waals surface area contributed by atoms with Crippen LogP contribution < -0.4 is 10.3 Å². The first-order chi connectivity index (χ1) is 14.1. The van der Waals surface area contributed by atoms with Crippen molar-refractivity contribution in [2.45, 2.75) is 13.3 Å². The molecule has 5 nitrogen and oxygen atoms in total. The molecular weight excluding hydrogens is 417 g/mol. The summed E-state index contributed by atoms with van der Waals surface area (Å²) in [4.78, 5) is 11.7. The Morgan fingerprint density at radius 2 is 1.67 bits per heavy atom. The fourth-order valence-corrected chi connectivity index (χ4v) is 3.63. The monoisotopic (exact) mass is 436 g/mol. The van der Waals surface area contributed by atoms with Crippen LogP contribution in [-0.2, 0) is 23.5 Å². The quantitative estimate of drug-likeness (QED) is 0.639. The molecule has 0 aliphatic rings. The number of aromatic nitrogens is 1. The third-order valence-corrected chi connectivity index (χ3v) is 5.92. The Bertz CT molecular complexity index is 1240. The molecule has 3 rings (SSSR count). The van der Waals surface area contributed by atoms with Gasteiger partial charge in [-0.3, -0.25) is 9.52 Å². The lowest BCUT2D eigenvalue weighted by molar-refractivity contribution is 0.574. The standard InChI is InChI=1S/C21H19F3N2O3S/c1-3-30(28,29)25-17-7-5-13(8-14-4-6-16(22)10-19(14)23)18(11-17)15-9-20(24)21(27)26(2)12-15/h4-7,9-12,25H,3,8H2,1-2H3.